The summed E-state index contributed by atoms with van der Waals surface area (Å²) >= 11 is 0. The number of aliphatic imine (C=N–C) groups is 1. The zero-order valence-corrected chi connectivity index (χ0v) is 22.5. The summed E-state index contributed by atoms with van der Waals surface area (Å²) in [7, 11) is 0. The number of hydrogen-bond acceptors (Lipinski definition) is 5. The molecule has 41 heavy (non-hydrogen) atoms. The maximum Gasteiger partial charge on any atom is 0.338 e. The number of hydrogen-bond donors (Lipinski definition) is 1. The van der Waals surface area contributed by atoms with Crippen LogP contribution in [0.1, 0.15) is 39.9 Å². The summed E-state index contributed by atoms with van der Waals surface area (Å²) in [5.74, 6) is -0.375. The van der Waals surface area contributed by atoms with E-state index in [4.69, 9.17) is 9.73 Å². The third-order valence-electron chi connectivity index (χ3n) is 7.02. The van der Waals surface area contributed by atoms with Crippen LogP contribution < -0.4 is 5.32 Å². The molecule has 1 atom stereocenters. The molecular weight excluding hydrogens is 512 g/mol. The van der Waals surface area contributed by atoms with Crippen LogP contribution in [0, 0.1) is 0 Å². The second-order valence-electron chi connectivity index (χ2n) is 9.72. The molecule has 6 rings (SSSR count). The number of amides is 1. The Hall–Kier alpha value is -5.30. The Morgan fingerprint density at radius 2 is 1.66 bits per heavy atom. The summed E-state index contributed by atoms with van der Waals surface area (Å²) in [6.07, 6.45) is 3.78. The molecule has 7 nitrogen and oxygen atoms in total. The SMILES string of the molecule is CCOC(=O)c1ccc2c(c1)NC(=O)C2C(=Nc1ccc(-c2nccn2Cc2ccccc2)cc1)c1ccccc1. The molecule has 1 N–H and O–H groups in total. The van der Waals surface area contributed by atoms with E-state index >= 15 is 0 Å². The van der Waals surface area contributed by atoms with Crippen LogP contribution in [-0.4, -0.2) is 33.7 Å². The van der Waals surface area contributed by atoms with Crippen molar-refractivity contribution in [1.82, 2.24) is 9.55 Å². The van der Waals surface area contributed by atoms with Gasteiger partial charge in [-0.25, -0.2) is 9.78 Å². The molecule has 7 heteroatoms. The van der Waals surface area contributed by atoms with Gasteiger partial charge >= 0.3 is 5.97 Å². The van der Waals surface area contributed by atoms with Crippen LogP contribution in [0.3, 0.4) is 0 Å². The molecular formula is C34H28N4O3. The van der Waals surface area contributed by atoms with Crippen molar-refractivity contribution in [3.63, 3.8) is 0 Å². The minimum atomic E-state index is -0.631. The van der Waals surface area contributed by atoms with Crippen LogP contribution in [0.2, 0.25) is 0 Å². The highest BCUT2D eigenvalue weighted by Gasteiger charge is 2.36. The number of anilines is 1. The van der Waals surface area contributed by atoms with Gasteiger partial charge in [-0.3, -0.25) is 9.79 Å². The third-order valence-corrected chi connectivity index (χ3v) is 7.02. The number of rotatable bonds is 8. The molecule has 1 aliphatic rings. The van der Waals surface area contributed by atoms with Crippen molar-refractivity contribution in [2.45, 2.75) is 19.4 Å². The fourth-order valence-corrected chi connectivity index (χ4v) is 5.08. The Kier molecular flexibility index (Phi) is 7.24. The van der Waals surface area contributed by atoms with Gasteiger partial charge in [0.1, 0.15) is 11.7 Å². The molecule has 0 radical (unpaired) electrons. The van der Waals surface area contributed by atoms with Gasteiger partial charge in [-0.1, -0.05) is 66.7 Å². The molecule has 0 aliphatic carbocycles. The van der Waals surface area contributed by atoms with E-state index < -0.39 is 11.9 Å². The lowest BCUT2D eigenvalue weighted by Gasteiger charge is -2.14. The van der Waals surface area contributed by atoms with Gasteiger partial charge in [0.2, 0.25) is 5.91 Å². The Morgan fingerprint density at radius 3 is 2.39 bits per heavy atom. The maximum atomic E-state index is 13.3. The monoisotopic (exact) mass is 540 g/mol. The van der Waals surface area contributed by atoms with Crippen LogP contribution in [0.4, 0.5) is 11.4 Å². The summed E-state index contributed by atoms with van der Waals surface area (Å²) in [6, 6.07) is 33.0. The second-order valence-corrected chi connectivity index (χ2v) is 9.72. The average Bonchev–Trinajstić information content (AvgIpc) is 3.60. The summed E-state index contributed by atoms with van der Waals surface area (Å²) < 4.78 is 7.25. The van der Waals surface area contributed by atoms with Gasteiger partial charge < -0.3 is 14.6 Å². The maximum absolute atomic E-state index is 13.3. The number of ether oxygens (including phenoxy) is 1. The largest absolute Gasteiger partial charge is 0.462 e. The lowest BCUT2D eigenvalue weighted by Crippen LogP contribution is -2.21. The van der Waals surface area contributed by atoms with Gasteiger partial charge in [0.25, 0.3) is 0 Å². The van der Waals surface area contributed by atoms with Crippen LogP contribution >= 0.6 is 0 Å². The molecule has 0 saturated carbocycles. The van der Waals surface area contributed by atoms with Gasteiger partial charge in [0.05, 0.1) is 23.6 Å². The molecule has 1 unspecified atom stereocenters. The smallest absolute Gasteiger partial charge is 0.338 e. The van der Waals surface area contributed by atoms with Crippen molar-refractivity contribution in [2.75, 3.05) is 11.9 Å². The van der Waals surface area contributed by atoms with Crippen LogP contribution in [0.25, 0.3) is 11.4 Å². The average molecular weight is 541 g/mol. The molecule has 1 aliphatic heterocycles. The summed E-state index contributed by atoms with van der Waals surface area (Å²) in [5, 5.41) is 2.94. The highest BCUT2D eigenvalue weighted by atomic mass is 16.5. The topological polar surface area (TPSA) is 85.6 Å². The Bertz CT molecular complexity index is 1730. The van der Waals surface area contributed by atoms with E-state index in [9.17, 15) is 9.59 Å². The molecule has 0 fully saturated rings. The number of imidazole rings is 1. The zero-order valence-electron chi connectivity index (χ0n) is 22.5. The third kappa shape index (κ3) is 5.43. The highest BCUT2D eigenvalue weighted by Crippen LogP contribution is 2.37. The van der Waals surface area contributed by atoms with E-state index in [0.717, 1.165) is 34.7 Å². The van der Waals surface area contributed by atoms with E-state index in [1.807, 2.05) is 79.0 Å². The number of carbonyl (C=O) groups excluding carboxylic acids is 2. The Morgan fingerprint density at radius 1 is 0.927 bits per heavy atom. The molecule has 202 valence electrons. The molecule has 0 saturated heterocycles. The fraction of sp³-hybridized carbons (Fsp3) is 0.118. The summed E-state index contributed by atoms with van der Waals surface area (Å²) in [4.78, 5) is 35.2. The van der Waals surface area contributed by atoms with Crippen molar-refractivity contribution in [1.29, 1.82) is 0 Å². The van der Waals surface area contributed by atoms with Gasteiger partial charge in [0.15, 0.2) is 0 Å². The number of nitrogens with zero attached hydrogens (tertiary/aromatic N) is 3. The first kappa shape index (κ1) is 26.0. The molecule has 1 amide bonds. The molecule has 2 heterocycles. The predicted molar refractivity (Wildman–Crippen MR) is 160 cm³/mol. The van der Waals surface area contributed by atoms with E-state index in [1.54, 1.807) is 31.3 Å². The number of carbonyl (C=O) groups is 2. The van der Waals surface area contributed by atoms with E-state index in [2.05, 4.69) is 27.0 Å². The fourth-order valence-electron chi connectivity index (χ4n) is 5.08. The van der Waals surface area contributed by atoms with Crippen molar-refractivity contribution in [3.05, 3.63) is 138 Å². The van der Waals surface area contributed by atoms with Crippen molar-refractivity contribution in [2.24, 2.45) is 4.99 Å². The van der Waals surface area contributed by atoms with Crippen LogP contribution in [0.15, 0.2) is 121 Å². The number of nitrogens with one attached hydrogen (secondary N) is 1. The number of aromatic nitrogens is 2. The van der Waals surface area contributed by atoms with E-state index in [1.165, 1.54) is 5.56 Å². The quantitative estimate of drug-likeness (QED) is 0.177. The lowest BCUT2D eigenvalue weighted by molar-refractivity contribution is -0.115. The van der Waals surface area contributed by atoms with E-state index in [0.29, 0.717) is 17.0 Å². The van der Waals surface area contributed by atoms with Gasteiger partial charge in [-0.05, 0) is 60.0 Å². The standard InChI is InChI=1S/C34H28N4O3/c1-2-41-34(40)26-15-18-28-29(21-26)37-33(39)30(28)31(24-11-7-4-8-12-24)36-27-16-13-25(14-17-27)32-35-19-20-38(32)22-23-9-5-3-6-10-23/h3-21,30H,2,22H2,1H3,(H,37,39). The van der Waals surface area contributed by atoms with Gasteiger partial charge in [-0.15, -0.1) is 0 Å². The molecule has 0 spiro atoms. The zero-order chi connectivity index (χ0) is 28.2. The summed E-state index contributed by atoms with van der Waals surface area (Å²) in [6.45, 7) is 2.77. The molecule has 0 bridgehead atoms. The number of esters is 1. The van der Waals surface area contributed by atoms with E-state index in [-0.39, 0.29) is 12.5 Å². The number of benzene rings is 4. The van der Waals surface area contributed by atoms with Gasteiger partial charge in [0, 0.05) is 30.2 Å². The molecule has 4 aromatic carbocycles. The van der Waals surface area contributed by atoms with Crippen molar-refractivity contribution in [3.8, 4) is 11.4 Å². The van der Waals surface area contributed by atoms with Gasteiger partial charge in [-0.2, -0.15) is 0 Å². The second kappa shape index (κ2) is 11.4. The lowest BCUT2D eigenvalue weighted by atomic mass is 9.90. The first-order chi connectivity index (χ1) is 20.1. The molecule has 1 aromatic heterocycles. The minimum Gasteiger partial charge on any atom is -0.462 e. The molecule has 5 aromatic rings. The number of fused-ring (bicyclic) bond motifs is 1. The Labute approximate surface area is 238 Å². The highest BCUT2D eigenvalue weighted by molar-refractivity contribution is 6.24. The first-order valence-electron chi connectivity index (χ1n) is 13.5. The Balaban J connectivity index is 1.33. The minimum absolute atomic E-state index is 0.192. The van der Waals surface area contributed by atoms with Crippen molar-refractivity contribution < 1.29 is 14.3 Å². The van der Waals surface area contributed by atoms with Crippen molar-refractivity contribution >= 4 is 29.0 Å². The summed E-state index contributed by atoms with van der Waals surface area (Å²) in [5.41, 5.74) is 6.12. The van der Waals surface area contributed by atoms with Crippen LogP contribution in [-0.2, 0) is 16.1 Å². The first-order valence-corrected chi connectivity index (χ1v) is 13.5. The van der Waals surface area contributed by atoms with Crippen LogP contribution in [0.5, 0.6) is 0 Å². The normalized spacial score (nSPS) is 14.4. The predicted octanol–water partition coefficient (Wildman–Crippen LogP) is 6.63.